The summed E-state index contributed by atoms with van der Waals surface area (Å²) in [7, 11) is 3.16. The smallest absolute Gasteiger partial charge is 0.409 e. The molecule has 9 amide bonds. The van der Waals surface area contributed by atoms with E-state index in [1.165, 1.54) is 4.90 Å². The van der Waals surface area contributed by atoms with Crippen LogP contribution in [0.25, 0.3) is 0 Å². The van der Waals surface area contributed by atoms with Gasteiger partial charge >= 0.3 is 18.1 Å². The van der Waals surface area contributed by atoms with Gasteiger partial charge in [0, 0.05) is 94.6 Å². The number of piperidine rings is 1. The lowest BCUT2D eigenvalue weighted by molar-refractivity contribution is -0.265. The first-order valence-corrected chi connectivity index (χ1v) is 38.4. The van der Waals surface area contributed by atoms with Crippen LogP contribution in [0.4, 0.5) is 15.3 Å². The second-order valence-corrected chi connectivity index (χ2v) is 30.3. The Bertz CT molecular complexity index is 3450. The number of anilines is 1. The summed E-state index contributed by atoms with van der Waals surface area (Å²) in [5.74, 6) is -12.3. The first-order chi connectivity index (χ1) is 51.7. The van der Waals surface area contributed by atoms with Crippen LogP contribution < -0.4 is 32.3 Å². The molecule has 1 aliphatic carbocycles. The number of carbonyl (C=O) groups excluding carboxylic acids is 12. The van der Waals surface area contributed by atoms with Gasteiger partial charge in [-0.25, -0.2) is 14.4 Å². The molecule has 6 rings (SSSR count). The number of nitrogens with one attached hydrogen (secondary N) is 5. The molecule has 0 aromatic heterocycles. The van der Waals surface area contributed by atoms with Crippen LogP contribution in [0.15, 0.2) is 84.0 Å². The first kappa shape index (κ1) is 89.6. The molecule has 0 radical (unpaired) electrons. The monoisotopic (exact) mass is 1530 g/mol. The number of benzene rings is 1. The fraction of sp³-hybridized carbons (Fsp3) is 0.650. The van der Waals surface area contributed by atoms with Gasteiger partial charge in [0.15, 0.2) is 0 Å². The van der Waals surface area contributed by atoms with Crippen LogP contribution in [-0.4, -0.2) is 205 Å². The van der Waals surface area contributed by atoms with Crippen LogP contribution in [0, 0.1) is 47.3 Å². The molecule has 17 atom stereocenters. The molecule has 109 heavy (non-hydrogen) atoms. The molecule has 9 N–H and O–H groups in total. The molecule has 29 heteroatoms. The largest absolute Gasteiger partial charge is 0.460 e. The predicted molar refractivity (Wildman–Crippen MR) is 402 cm³/mol. The third-order valence-corrected chi connectivity index (χ3v) is 21.4. The highest BCUT2D eigenvalue weighted by Gasteiger charge is 2.53. The molecule has 1 aromatic rings. The first-order valence-electron chi connectivity index (χ1n) is 38.4. The number of ketones is 3. The van der Waals surface area contributed by atoms with Crippen molar-refractivity contribution in [3.63, 3.8) is 0 Å². The number of amides is 9. The number of fused-ring (bicyclic) bond motifs is 3. The van der Waals surface area contributed by atoms with Gasteiger partial charge in [-0.3, -0.25) is 53.4 Å². The molecule has 0 unspecified atom stereocenters. The third kappa shape index (κ3) is 27.3. The van der Waals surface area contributed by atoms with Crippen molar-refractivity contribution in [2.24, 2.45) is 53.1 Å². The lowest BCUT2D eigenvalue weighted by Gasteiger charge is -2.42. The number of methoxy groups -OCH3 is 2. The molecule has 3 fully saturated rings. The minimum absolute atomic E-state index is 0.0242. The topological polar surface area (TPSA) is 403 Å². The Morgan fingerprint density at radius 3 is 2.18 bits per heavy atom. The van der Waals surface area contributed by atoms with Gasteiger partial charge in [0.05, 0.1) is 43.7 Å². The average molecular weight is 1530 g/mol. The Balaban J connectivity index is 1.02. The van der Waals surface area contributed by atoms with E-state index in [0.717, 1.165) is 22.6 Å². The lowest BCUT2D eigenvalue weighted by Crippen LogP contribution is -2.61. The summed E-state index contributed by atoms with van der Waals surface area (Å²) in [5.41, 5.74) is 7.43. The van der Waals surface area contributed by atoms with E-state index in [2.05, 4.69) is 26.6 Å². The van der Waals surface area contributed by atoms with Crippen molar-refractivity contribution < 1.29 is 101 Å². The summed E-state index contributed by atoms with van der Waals surface area (Å²) in [4.78, 5) is 162. The number of cyclic esters (lactones) is 1. The number of nitrogens with two attached hydrogens (primary N) is 1. The number of urea groups is 1. The number of aliphatic hydroxyl groups excluding tert-OH is 1. The number of rotatable bonds is 26. The maximum atomic E-state index is 14.7. The minimum atomic E-state index is -2.49. The van der Waals surface area contributed by atoms with Crippen molar-refractivity contribution in [2.75, 3.05) is 59.1 Å². The summed E-state index contributed by atoms with van der Waals surface area (Å²) in [6.45, 7) is 17.7. The van der Waals surface area contributed by atoms with Crippen molar-refractivity contribution in [2.45, 2.75) is 233 Å². The van der Waals surface area contributed by atoms with E-state index in [1.807, 2.05) is 58.1 Å². The Morgan fingerprint density at radius 1 is 0.789 bits per heavy atom. The zero-order valence-electron chi connectivity index (χ0n) is 65.4. The highest BCUT2D eigenvalue weighted by atomic mass is 16.6. The fourth-order valence-corrected chi connectivity index (χ4v) is 14.6. The number of nitrogens with zero attached hydrogens (tertiary/aromatic N) is 2. The molecule has 1 saturated carbocycles. The maximum absolute atomic E-state index is 14.7. The molecule has 29 nitrogen and oxygen atoms in total. The third-order valence-electron chi connectivity index (χ3n) is 21.4. The van der Waals surface area contributed by atoms with Crippen LogP contribution in [0.5, 0.6) is 0 Å². The number of primary amides is 1. The van der Waals surface area contributed by atoms with E-state index in [-0.39, 0.29) is 126 Å². The minimum Gasteiger partial charge on any atom is -0.460 e. The summed E-state index contributed by atoms with van der Waals surface area (Å²) < 4.78 is 41.8. The second kappa shape index (κ2) is 43.9. The van der Waals surface area contributed by atoms with E-state index in [0.29, 0.717) is 74.6 Å². The Morgan fingerprint density at radius 2 is 1.50 bits per heavy atom. The maximum Gasteiger partial charge on any atom is 0.409 e. The van der Waals surface area contributed by atoms with Crippen molar-refractivity contribution in [3.8, 4) is 0 Å². The number of ether oxygens (including phenoxy) is 7. The number of hydrogen-bond acceptors (Lipinski definition) is 21. The quantitative estimate of drug-likeness (QED) is 0.0115. The van der Waals surface area contributed by atoms with Gasteiger partial charge in [0.25, 0.3) is 23.5 Å². The summed E-state index contributed by atoms with van der Waals surface area (Å²) >= 11 is 0. The summed E-state index contributed by atoms with van der Waals surface area (Å²) in [6, 6.07) is 2.18. The van der Waals surface area contributed by atoms with Gasteiger partial charge in [-0.05, 0) is 143 Å². The van der Waals surface area contributed by atoms with Gasteiger partial charge in [-0.1, -0.05) is 104 Å². The van der Waals surface area contributed by atoms with Crippen LogP contribution in [0.1, 0.15) is 171 Å². The van der Waals surface area contributed by atoms with Crippen LogP contribution in [0.2, 0.25) is 0 Å². The van der Waals surface area contributed by atoms with Gasteiger partial charge in [-0.15, -0.1) is 0 Å². The number of alkyl carbamates (subject to hydrolysis) is 1. The van der Waals surface area contributed by atoms with E-state index in [1.54, 1.807) is 86.1 Å². The molecular weight excluding hydrogens is 1410 g/mol. The SMILES string of the molecule is CO[C@H]1C[C@@H]2CC[C@@H](C)[C@@](O)(O2)C(=O)C(=O)N2CCCC[C@H]2C(=O)O[C@H]([C@@H](C)C[C@H]2CC[C@@H](OCCOCNC(=O)OCc3ccc(NC(=O)[C@H](CCCNC(N)=O)NC(=O)[C@@H](NC(=O)CCN4C(=O)C=CC4=O)C(C)C)cc3)[C@H](OC)C2)CC(=O)[C@H](C)/C=C(\C)[C@@H](O)[C@@H](C)C(=O)[C@H](C)C[C@H](C)/C=C/C=C/C=C/1C. The van der Waals surface area contributed by atoms with Crippen LogP contribution >= 0.6 is 0 Å². The summed E-state index contributed by atoms with van der Waals surface area (Å²) in [6.07, 6.45) is 13.8. The zero-order chi connectivity index (χ0) is 80.2. The molecule has 2 bridgehead atoms. The van der Waals surface area contributed by atoms with E-state index in [4.69, 9.17) is 38.9 Å². The van der Waals surface area contributed by atoms with Gasteiger partial charge < -0.3 is 75.3 Å². The van der Waals surface area contributed by atoms with E-state index < -0.39 is 137 Å². The van der Waals surface area contributed by atoms with E-state index in [9.17, 15) is 67.7 Å². The Kier molecular flexibility index (Phi) is 36.1. The molecule has 4 heterocycles. The number of hydrogen-bond donors (Lipinski definition) is 8. The Hall–Kier alpha value is -8.32. The number of allylic oxidation sites excluding steroid dienone is 6. The normalized spacial score (nSPS) is 29.8. The fourth-order valence-electron chi connectivity index (χ4n) is 14.6. The number of imide groups is 1. The molecule has 4 aliphatic heterocycles. The molecule has 1 aromatic carbocycles. The number of esters is 1. The van der Waals surface area contributed by atoms with Gasteiger partial charge in [-0.2, -0.15) is 0 Å². The number of Topliss-reactive ketones (excluding diaryl/α,β-unsaturated/α-hetero) is 3. The van der Waals surface area contributed by atoms with Crippen LogP contribution in [-0.2, 0) is 87.7 Å². The van der Waals surface area contributed by atoms with Crippen molar-refractivity contribution in [1.29, 1.82) is 0 Å². The molecule has 0 spiro atoms. The zero-order valence-corrected chi connectivity index (χ0v) is 65.4. The van der Waals surface area contributed by atoms with E-state index >= 15 is 0 Å². The number of aliphatic hydroxyl groups is 2. The summed E-state index contributed by atoms with van der Waals surface area (Å²) in [5, 5.41) is 36.8. The molecule has 5 aliphatic rings. The average Bonchev–Trinajstić information content (AvgIpc) is 1.25. The standard InChI is InChI=1S/C80H118N8O21/c1-47(2)70(86-67(90)33-36-88-68(91)31-32-69(88)92)75(97)85-60(21-18-34-82-78(81)100)74(96)84-58-27-24-56(25-28-58)45-107-79(101)83-46-105-37-38-106-63-30-26-57(42-66(63)104-12)41-51(6)65-44-62(89)50(5)40-53(8)72(94)55(10)71(93)52(7)39-48(3)19-14-13-15-20-49(4)64(103-11)43-59-29-23-54(9)80(102,109-59)73(95)76(98)87-35-17-16-22-61(87)77(99)108-65/h13-15,19-20,24-25,27-28,31-32,40,47-48,50-52,54-55,57,59-61,63-66,70,72,94,102H,16-18,21-23,26,29-30,33-39,41-46H2,1-12H3,(H,83,101)(H,84,96)(H,85,97)(H,86,90)(H3,81,82,100)/b15-13+,19-14+,49-20+,53-40+/t48-,50-,51+,52-,54-,55+,57-,59+,60+,61+,63-,64+,65+,66-,70+,72-,80-/m1/s1. The highest BCUT2D eigenvalue weighted by Crippen LogP contribution is 2.39. The van der Waals surface area contributed by atoms with Gasteiger partial charge in [0.1, 0.15) is 49.1 Å². The van der Waals surface area contributed by atoms with Crippen molar-refractivity contribution in [3.05, 3.63) is 89.6 Å². The predicted octanol–water partition coefficient (Wildman–Crippen LogP) is 7.05. The van der Waals surface area contributed by atoms with Crippen LogP contribution in [0.3, 0.4) is 0 Å². The molecule has 604 valence electrons. The second-order valence-electron chi connectivity index (χ2n) is 30.3. The Labute approximate surface area is 640 Å². The molecular formula is C80H118N8O21. The highest BCUT2D eigenvalue weighted by molar-refractivity contribution is 6.39. The molecule has 2 saturated heterocycles. The van der Waals surface area contributed by atoms with Crippen molar-refractivity contribution >= 4 is 76.6 Å². The van der Waals surface area contributed by atoms with Crippen molar-refractivity contribution in [1.82, 2.24) is 31.1 Å². The lowest BCUT2D eigenvalue weighted by atomic mass is 9.78. The number of carbonyl (C=O) groups is 12. The van der Waals surface area contributed by atoms with Gasteiger partial charge in [0.2, 0.25) is 23.5 Å².